The molecule has 0 N–H and O–H groups in total. The van der Waals surface area contributed by atoms with Gasteiger partial charge in [0.2, 0.25) is 5.91 Å². The smallest absolute Gasteiger partial charge is 0.312 e. The van der Waals surface area contributed by atoms with Crippen LogP contribution in [0.1, 0.15) is 12.8 Å². The number of pyridine rings is 1. The molecule has 0 bridgehead atoms. The summed E-state index contributed by atoms with van der Waals surface area (Å²) < 4.78 is 1.82. The lowest BCUT2D eigenvalue weighted by molar-refractivity contribution is -0.603. The number of rotatable bonds is 2. The largest absolute Gasteiger partial charge is 0.437 e. The highest BCUT2D eigenvalue weighted by atomic mass is 16.2. The van der Waals surface area contributed by atoms with E-state index in [1.807, 2.05) is 34.0 Å². The highest BCUT2D eigenvalue weighted by Crippen LogP contribution is 2.19. The summed E-state index contributed by atoms with van der Waals surface area (Å²) >= 11 is 0. The van der Waals surface area contributed by atoms with E-state index in [-0.39, 0.29) is 5.91 Å². The Balaban J connectivity index is 1.87. The van der Waals surface area contributed by atoms with Gasteiger partial charge in [-0.25, -0.2) is 4.57 Å². The van der Waals surface area contributed by atoms with E-state index in [4.69, 9.17) is 0 Å². The van der Waals surface area contributed by atoms with Crippen LogP contribution in [-0.2, 0) is 4.79 Å². The Kier molecular flexibility index (Phi) is 2.72. The van der Waals surface area contributed by atoms with Crippen molar-refractivity contribution in [1.29, 1.82) is 0 Å². The molecule has 1 aliphatic heterocycles. The van der Waals surface area contributed by atoms with Crippen molar-refractivity contribution in [1.82, 2.24) is 9.97 Å². The van der Waals surface area contributed by atoms with E-state index in [2.05, 4.69) is 9.97 Å². The average Bonchev–Trinajstić information content (AvgIpc) is 2.86. The second-order valence-corrected chi connectivity index (χ2v) is 4.16. The first-order chi connectivity index (χ1) is 8.84. The van der Waals surface area contributed by atoms with Crippen molar-refractivity contribution in [2.75, 3.05) is 11.4 Å². The van der Waals surface area contributed by atoms with Crippen LogP contribution in [0, 0.1) is 0 Å². The molecule has 0 aliphatic carbocycles. The lowest BCUT2D eigenvalue weighted by Crippen LogP contribution is -2.33. The van der Waals surface area contributed by atoms with Crippen molar-refractivity contribution in [3.63, 3.8) is 0 Å². The lowest BCUT2D eigenvalue weighted by atomic mass is 10.3. The van der Waals surface area contributed by atoms with Gasteiger partial charge in [-0.15, -0.1) is 0 Å². The van der Waals surface area contributed by atoms with Crippen molar-refractivity contribution in [3.05, 3.63) is 43.0 Å². The molecule has 2 aromatic heterocycles. The van der Waals surface area contributed by atoms with E-state index < -0.39 is 0 Å². The second-order valence-electron chi connectivity index (χ2n) is 4.16. The molecule has 0 aromatic carbocycles. The van der Waals surface area contributed by atoms with Gasteiger partial charge in [0.1, 0.15) is 12.4 Å². The minimum absolute atomic E-state index is 0.198. The lowest BCUT2D eigenvalue weighted by Gasteiger charge is -2.14. The molecule has 0 radical (unpaired) electrons. The molecule has 0 atom stereocenters. The van der Waals surface area contributed by atoms with E-state index in [0.717, 1.165) is 18.7 Å². The summed E-state index contributed by atoms with van der Waals surface area (Å²) in [5.41, 5.74) is 0.935. The Morgan fingerprint density at radius 3 is 2.50 bits per heavy atom. The van der Waals surface area contributed by atoms with Crippen LogP contribution in [0.2, 0.25) is 0 Å². The van der Waals surface area contributed by atoms with Gasteiger partial charge in [-0.05, 0) is 18.6 Å². The van der Waals surface area contributed by atoms with E-state index in [1.54, 1.807) is 18.5 Å². The number of anilines is 1. The van der Waals surface area contributed by atoms with Crippen molar-refractivity contribution in [2.45, 2.75) is 12.8 Å². The third kappa shape index (κ3) is 1.95. The van der Waals surface area contributed by atoms with Crippen LogP contribution in [0.4, 0.5) is 5.69 Å². The standard InChI is InChI=1S/C13H13N4O/c18-12-3-1-8-17(12)11-4-9-16(10-5-11)13-14-6-2-7-15-13/h2,4-7,9-10H,1,3,8H2/q+1. The fraction of sp³-hybridized carbons (Fsp3) is 0.231. The third-order valence-electron chi connectivity index (χ3n) is 2.98. The molecule has 0 unspecified atom stereocenters. The van der Waals surface area contributed by atoms with Gasteiger partial charge in [0.15, 0.2) is 0 Å². The van der Waals surface area contributed by atoms with Gasteiger partial charge < -0.3 is 4.90 Å². The summed E-state index contributed by atoms with van der Waals surface area (Å²) in [4.78, 5) is 21.8. The number of aromatic nitrogens is 3. The molecule has 1 fully saturated rings. The summed E-state index contributed by atoms with van der Waals surface area (Å²) in [6, 6.07) is 5.61. The van der Waals surface area contributed by atoms with Crippen LogP contribution in [0.25, 0.3) is 5.95 Å². The number of carbonyl (C=O) groups is 1. The molecule has 0 saturated carbocycles. The van der Waals surface area contributed by atoms with Gasteiger partial charge in [-0.3, -0.25) is 4.79 Å². The highest BCUT2D eigenvalue weighted by molar-refractivity contribution is 5.95. The first-order valence-corrected chi connectivity index (χ1v) is 5.94. The molecule has 0 spiro atoms. The van der Waals surface area contributed by atoms with Crippen molar-refractivity contribution in [3.8, 4) is 5.95 Å². The van der Waals surface area contributed by atoms with Crippen molar-refractivity contribution < 1.29 is 9.36 Å². The maximum absolute atomic E-state index is 11.6. The fourth-order valence-corrected chi connectivity index (χ4v) is 2.08. The molecule has 1 aliphatic rings. The van der Waals surface area contributed by atoms with Gasteiger partial charge in [-0.2, -0.15) is 0 Å². The quantitative estimate of drug-likeness (QED) is 0.733. The zero-order valence-corrected chi connectivity index (χ0v) is 9.86. The Hall–Kier alpha value is -2.30. The van der Waals surface area contributed by atoms with E-state index in [1.165, 1.54) is 0 Å². The number of nitrogens with zero attached hydrogens (tertiary/aromatic N) is 4. The summed E-state index contributed by atoms with van der Waals surface area (Å²) in [5.74, 6) is 0.820. The summed E-state index contributed by atoms with van der Waals surface area (Å²) in [5, 5.41) is 0. The maximum atomic E-state index is 11.6. The van der Waals surface area contributed by atoms with Crippen LogP contribution in [-0.4, -0.2) is 22.4 Å². The van der Waals surface area contributed by atoms with Gasteiger partial charge in [-0.1, -0.05) is 9.97 Å². The van der Waals surface area contributed by atoms with Gasteiger partial charge in [0.25, 0.3) is 0 Å². The molecule has 5 nitrogen and oxygen atoms in total. The zero-order chi connectivity index (χ0) is 12.4. The van der Waals surface area contributed by atoms with Crippen molar-refractivity contribution >= 4 is 11.6 Å². The first-order valence-electron chi connectivity index (χ1n) is 5.94. The molecule has 2 aromatic rings. The second kappa shape index (κ2) is 4.52. The van der Waals surface area contributed by atoms with Crippen LogP contribution in [0.3, 0.4) is 0 Å². The minimum atomic E-state index is 0.198. The molecule has 5 heteroatoms. The summed E-state index contributed by atoms with van der Waals surface area (Å²) in [6.45, 7) is 0.810. The average molecular weight is 241 g/mol. The molecular weight excluding hydrogens is 228 g/mol. The first kappa shape index (κ1) is 10.8. The Labute approximate surface area is 105 Å². The predicted octanol–water partition coefficient (Wildman–Crippen LogP) is 0.880. The molecule has 1 saturated heterocycles. The molecule has 90 valence electrons. The van der Waals surface area contributed by atoms with E-state index >= 15 is 0 Å². The summed E-state index contributed by atoms with van der Waals surface area (Å²) in [7, 11) is 0. The topological polar surface area (TPSA) is 50.0 Å². The third-order valence-corrected chi connectivity index (χ3v) is 2.98. The normalized spacial score (nSPS) is 15.1. The molecule has 1 amide bonds. The highest BCUT2D eigenvalue weighted by Gasteiger charge is 2.21. The fourth-order valence-electron chi connectivity index (χ4n) is 2.08. The minimum Gasteiger partial charge on any atom is -0.312 e. The molecular formula is C13H13N4O+. The Bertz CT molecular complexity index is 553. The Morgan fingerprint density at radius 2 is 1.89 bits per heavy atom. The van der Waals surface area contributed by atoms with Crippen LogP contribution in [0.15, 0.2) is 43.0 Å². The number of carbonyl (C=O) groups excluding carboxylic acids is 1. The molecule has 18 heavy (non-hydrogen) atoms. The van der Waals surface area contributed by atoms with Crippen LogP contribution < -0.4 is 9.47 Å². The monoisotopic (exact) mass is 241 g/mol. The maximum Gasteiger partial charge on any atom is 0.437 e. The SMILES string of the molecule is O=C1CCCN1c1cc[n+](-c2ncccn2)cc1. The van der Waals surface area contributed by atoms with Crippen LogP contribution >= 0.6 is 0 Å². The number of amides is 1. The molecule has 3 rings (SSSR count). The van der Waals surface area contributed by atoms with Gasteiger partial charge >= 0.3 is 5.95 Å². The van der Waals surface area contributed by atoms with E-state index in [0.29, 0.717) is 12.4 Å². The Morgan fingerprint density at radius 1 is 1.17 bits per heavy atom. The number of hydrogen-bond donors (Lipinski definition) is 0. The summed E-state index contributed by atoms with van der Waals surface area (Å²) in [6.07, 6.45) is 8.74. The molecule has 3 heterocycles. The van der Waals surface area contributed by atoms with Crippen molar-refractivity contribution in [2.24, 2.45) is 0 Å². The van der Waals surface area contributed by atoms with Crippen LogP contribution in [0.5, 0.6) is 0 Å². The van der Waals surface area contributed by atoms with Gasteiger partial charge in [0, 0.05) is 24.7 Å². The van der Waals surface area contributed by atoms with E-state index in [9.17, 15) is 4.79 Å². The number of hydrogen-bond acceptors (Lipinski definition) is 3. The predicted molar refractivity (Wildman–Crippen MR) is 65.2 cm³/mol. The van der Waals surface area contributed by atoms with Gasteiger partial charge in [0.05, 0.1) is 12.4 Å². The zero-order valence-electron chi connectivity index (χ0n) is 9.86.